The predicted molar refractivity (Wildman–Crippen MR) is 108 cm³/mol. The molecule has 0 fully saturated rings. The van der Waals surface area contributed by atoms with Crippen molar-refractivity contribution >= 4 is 20.8 Å². The monoisotopic (exact) mass is 429 g/mol. The van der Waals surface area contributed by atoms with Crippen LogP contribution in [0.3, 0.4) is 0 Å². The van der Waals surface area contributed by atoms with Crippen LogP contribution in [-0.2, 0) is 26.4 Å². The van der Waals surface area contributed by atoms with Crippen molar-refractivity contribution in [2.75, 3.05) is 0 Å². The minimum absolute atomic E-state index is 0.0552. The Morgan fingerprint density at radius 3 is 1.82 bits per heavy atom. The lowest BCUT2D eigenvalue weighted by Crippen LogP contribution is -2.61. The number of hydrogen-bond donors (Lipinski definition) is 1. The van der Waals surface area contributed by atoms with Crippen LogP contribution in [0, 0.1) is 0 Å². The fourth-order valence-electron chi connectivity index (χ4n) is 2.78. The molecule has 0 aromatic heterocycles. The first-order chi connectivity index (χ1) is 12.9. The van der Waals surface area contributed by atoms with Crippen molar-refractivity contribution in [1.82, 2.24) is 4.72 Å². The van der Waals surface area contributed by atoms with Crippen molar-refractivity contribution in [2.24, 2.45) is 0 Å². The lowest BCUT2D eigenvalue weighted by atomic mass is 9.88. The van der Waals surface area contributed by atoms with Gasteiger partial charge in [0.25, 0.3) is 0 Å². The molecule has 0 bridgehead atoms. The van der Waals surface area contributed by atoms with Gasteiger partial charge >= 0.3 is 5.25 Å². The molecule has 2 aromatic carbocycles. The van der Waals surface area contributed by atoms with E-state index in [0.29, 0.717) is 0 Å². The lowest BCUT2D eigenvalue weighted by Gasteiger charge is -2.41. The standard InChI is InChI=1S/C20H25F2NO3S2/c1-5-19(16-12-8-6-9-13-16,23-27(24)18(2,3)4)20(21,22)28(25,26)17-14-10-7-11-15-17/h6-15,23H,5H2,1-4H3/t19-,27-/m1/s1. The average molecular weight is 430 g/mol. The highest BCUT2D eigenvalue weighted by Crippen LogP contribution is 2.47. The second kappa shape index (κ2) is 8.00. The van der Waals surface area contributed by atoms with E-state index in [1.165, 1.54) is 31.2 Å². The highest BCUT2D eigenvalue weighted by molar-refractivity contribution is 7.92. The number of benzene rings is 2. The predicted octanol–water partition coefficient (Wildman–Crippen LogP) is 4.41. The summed E-state index contributed by atoms with van der Waals surface area (Å²) in [6.07, 6.45) is -0.294. The van der Waals surface area contributed by atoms with Crippen LogP contribution in [0.1, 0.15) is 39.7 Å². The Bertz CT molecular complexity index is 927. The molecule has 2 rings (SSSR count). The minimum Gasteiger partial charge on any atom is -0.242 e. The molecule has 4 nitrogen and oxygen atoms in total. The van der Waals surface area contributed by atoms with E-state index >= 15 is 8.78 Å². The van der Waals surface area contributed by atoms with Gasteiger partial charge < -0.3 is 0 Å². The zero-order valence-electron chi connectivity index (χ0n) is 16.3. The quantitative estimate of drug-likeness (QED) is 0.709. The summed E-state index contributed by atoms with van der Waals surface area (Å²) in [6, 6.07) is 14.2. The van der Waals surface area contributed by atoms with E-state index in [2.05, 4.69) is 4.72 Å². The third kappa shape index (κ3) is 3.90. The number of sulfone groups is 1. The van der Waals surface area contributed by atoms with Crippen molar-refractivity contribution in [2.45, 2.75) is 54.6 Å². The zero-order chi connectivity index (χ0) is 21.2. The molecule has 0 saturated carbocycles. The van der Waals surface area contributed by atoms with Gasteiger partial charge in [0.1, 0.15) is 5.54 Å². The molecule has 0 heterocycles. The highest BCUT2D eigenvalue weighted by Gasteiger charge is 2.64. The average Bonchev–Trinajstić information content (AvgIpc) is 2.66. The summed E-state index contributed by atoms with van der Waals surface area (Å²) in [5.41, 5.74) is -2.32. The van der Waals surface area contributed by atoms with Gasteiger partial charge in [-0.15, -0.1) is 0 Å². The molecule has 0 radical (unpaired) electrons. The molecule has 2 aromatic rings. The molecular formula is C20H25F2NO3S2. The van der Waals surface area contributed by atoms with Crippen molar-refractivity contribution < 1.29 is 21.4 Å². The molecule has 0 saturated heterocycles. The number of hydrogen-bond acceptors (Lipinski definition) is 3. The van der Waals surface area contributed by atoms with Gasteiger partial charge in [-0.3, -0.25) is 0 Å². The first-order valence-electron chi connectivity index (χ1n) is 8.83. The maximum atomic E-state index is 15.9. The van der Waals surface area contributed by atoms with Crippen LogP contribution in [-0.4, -0.2) is 22.6 Å². The van der Waals surface area contributed by atoms with Crippen LogP contribution < -0.4 is 4.72 Å². The highest BCUT2D eigenvalue weighted by atomic mass is 32.2. The van der Waals surface area contributed by atoms with E-state index in [0.717, 1.165) is 12.1 Å². The molecule has 0 aliphatic rings. The molecule has 0 unspecified atom stereocenters. The number of alkyl halides is 2. The van der Waals surface area contributed by atoms with Crippen molar-refractivity contribution in [3.8, 4) is 0 Å². The summed E-state index contributed by atoms with van der Waals surface area (Å²) in [6.45, 7) is 6.34. The molecule has 8 heteroatoms. The van der Waals surface area contributed by atoms with Gasteiger partial charge in [-0.1, -0.05) is 55.5 Å². The van der Waals surface area contributed by atoms with E-state index in [4.69, 9.17) is 0 Å². The first kappa shape index (κ1) is 22.6. The van der Waals surface area contributed by atoms with E-state index < -0.39 is 41.3 Å². The number of nitrogens with one attached hydrogen (secondary N) is 1. The summed E-state index contributed by atoms with van der Waals surface area (Å²) in [7, 11) is -7.02. The molecule has 0 amide bonds. The van der Waals surface area contributed by atoms with Crippen LogP contribution in [0.4, 0.5) is 8.78 Å². The first-order valence-corrected chi connectivity index (χ1v) is 11.5. The largest absolute Gasteiger partial charge is 0.372 e. The van der Waals surface area contributed by atoms with Gasteiger partial charge in [-0.05, 0) is 44.9 Å². The van der Waals surface area contributed by atoms with Crippen molar-refractivity contribution in [3.05, 3.63) is 66.2 Å². The second-order valence-corrected chi connectivity index (χ2v) is 11.4. The summed E-state index contributed by atoms with van der Waals surface area (Å²) in [4.78, 5) is -0.489. The Balaban J connectivity index is 2.75. The molecule has 0 aliphatic carbocycles. The molecule has 28 heavy (non-hydrogen) atoms. The maximum Gasteiger partial charge on any atom is 0.372 e. The van der Waals surface area contributed by atoms with Gasteiger partial charge in [-0.2, -0.15) is 8.78 Å². The second-order valence-electron chi connectivity index (χ2n) is 7.44. The normalized spacial score (nSPS) is 16.4. The lowest BCUT2D eigenvalue weighted by molar-refractivity contribution is -0.00804. The maximum absolute atomic E-state index is 15.9. The van der Waals surface area contributed by atoms with Gasteiger partial charge in [0, 0.05) is 0 Å². The Kier molecular flexibility index (Phi) is 6.47. The van der Waals surface area contributed by atoms with E-state index in [9.17, 15) is 12.6 Å². The van der Waals surface area contributed by atoms with Crippen LogP contribution in [0.15, 0.2) is 65.6 Å². The van der Waals surface area contributed by atoms with E-state index in [1.54, 1.807) is 45.0 Å². The van der Waals surface area contributed by atoms with Gasteiger partial charge in [0.05, 0.1) is 20.6 Å². The van der Waals surface area contributed by atoms with Crippen LogP contribution >= 0.6 is 0 Å². The van der Waals surface area contributed by atoms with Crippen molar-refractivity contribution in [3.63, 3.8) is 0 Å². The van der Waals surface area contributed by atoms with Gasteiger partial charge in [-0.25, -0.2) is 17.3 Å². The van der Waals surface area contributed by atoms with Crippen LogP contribution in [0.5, 0.6) is 0 Å². The number of rotatable bonds is 7. The third-order valence-corrected chi connectivity index (χ3v) is 8.07. The summed E-state index contributed by atoms with van der Waals surface area (Å²) in [5.74, 6) is 0. The topological polar surface area (TPSA) is 63.2 Å². The molecule has 0 spiro atoms. The van der Waals surface area contributed by atoms with Gasteiger partial charge in [0.2, 0.25) is 9.84 Å². The van der Waals surface area contributed by atoms with Crippen LogP contribution in [0.2, 0.25) is 0 Å². The Morgan fingerprint density at radius 2 is 1.39 bits per heavy atom. The molecular weight excluding hydrogens is 404 g/mol. The summed E-state index contributed by atoms with van der Waals surface area (Å²) in [5, 5.41) is -4.27. The van der Waals surface area contributed by atoms with E-state index in [-0.39, 0.29) is 12.0 Å². The Morgan fingerprint density at radius 1 is 0.929 bits per heavy atom. The SMILES string of the molecule is CC[C@@](N[S@](=O)C(C)(C)C)(c1ccccc1)C(F)(F)S(=O)(=O)c1ccccc1. The summed E-state index contributed by atoms with van der Waals surface area (Å²) < 4.78 is 72.1. The third-order valence-electron chi connectivity index (χ3n) is 4.51. The van der Waals surface area contributed by atoms with Crippen LogP contribution in [0.25, 0.3) is 0 Å². The van der Waals surface area contributed by atoms with Gasteiger partial charge in [0.15, 0.2) is 0 Å². The fourth-order valence-corrected chi connectivity index (χ4v) is 5.44. The number of halogens is 2. The fraction of sp³-hybridized carbons (Fsp3) is 0.400. The molecule has 0 aliphatic heterocycles. The summed E-state index contributed by atoms with van der Waals surface area (Å²) >= 11 is 0. The smallest absolute Gasteiger partial charge is 0.242 e. The molecule has 154 valence electrons. The molecule has 2 atom stereocenters. The Hall–Kier alpha value is -1.64. The van der Waals surface area contributed by atoms with E-state index in [1.807, 2.05) is 0 Å². The minimum atomic E-state index is -5.08. The van der Waals surface area contributed by atoms with Crippen molar-refractivity contribution in [1.29, 1.82) is 0 Å². The Labute approximate surface area is 167 Å². The molecule has 1 N–H and O–H groups in total. The zero-order valence-corrected chi connectivity index (χ0v) is 17.9.